The quantitative estimate of drug-likeness (QED) is 0.0214. The molecule has 0 aromatic rings. The summed E-state index contributed by atoms with van der Waals surface area (Å²) in [5.41, 5.74) is 0. The lowest BCUT2D eigenvalue weighted by Crippen LogP contribution is -2.37. The van der Waals surface area contributed by atoms with Gasteiger partial charge in [0.05, 0.1) is 34.4 Å². The van der Waals surface area contributed by atoms with Gasteiger partial charge < -0.3 is 18.9 Å². The third kappa shape index (κ3) is 51.3. The maximum absolute atomic E-state index is 12.8. The first-order valence-corrected chi connectivity index (χ1v) is 27.9. The summed E-state index contributed by atoms with van der Waals surface area (Å²) in [6, 6.07) is 0. The highest BCUT2D eigenvalue weighted by molar-refractivity contribution is 7.47. The molecule has 370 valence electrons. The van der Waals surface area contributed by atoms with Gasteiger partial charge in [-0.25, -0.2) is 4.57 Å². The van der Waals surface area contributed by atoms with Crippen molar-refractivity contribution in [2.75, 3.05) is 54.1 Å². The molecule has 0 heterocycles. The molecule has 63 heavy (non-hydrogen) atoms. The Morgan fingerprint density at radius 3 is 1.40 bits per heavy atom. The number of nitrogens with zero attached hydrogens (tertiary/aromatic N) is 1. The fraction of sp³-hybridized carbons (Fsp3) is 0.833. The van der Waals surface area contributed by atoms with Crippen molar-refractivity contribution in [1.82, 2.24) is 0 Å². The van der Waals surface area contributed by atoms with Crippen molar-refractivity contribution in [1.29, 1.82) is 0 Å². The second-order valence-corrected chi connectivity index (χ2v) is 20.3. The molecule has 0 fully saturated rings. The zero-order chi connectivity index (χ0) is 46.2. The van der Waals surface area contributed by atoms with E-state index < -0.39 is 13.9 Å². The molecule has 0 saturated carbocycles. The van der Waals surface area contributed by atoms with Crippen LogP contribution in [0.5, 0.6) is 0 Å². The molecule has 1 N–H and O–H groups in total. The van der Waals surface area contributed by atoms with Gasteiger partial charge >= 0.3 is 13.8 Å². The Labute approximate surface area is 390 Å². The minimum absolute atomic E-state index is 0.0852. The van der Waals surface area contributed by atoms with Crippen LogP contribution in [0.3, 0.4) is 0 Å². The monoisotopic (exact) mass is 909 g/mol. The molecule has 0 aliphatic rings. The number of hydrogen-bond donors (Lipinski definition) is 1. The molecule has 2 atom stereocenters. The summed E-state index contributed by atoms with van der Waals surface area (Å²) in [6.07, 6.45) is 58.8. The number of rotatable bonds is 49. The van der Waals surface area contributed by atoms with Gasteiger partial charge in [0.25, 0.3) is 0 Å². The number of likely N-dealkylation sites (N-methyl/N-ethyl adjacent to an activating group) is 1. The summed E-state index contributed by atoms with van der Waals surface area (Å²) < 4.78 is 35.1. The van der Waals surface area contributed by atoms with Gasteiger partial charge in [-0.1, -0.05) is 204 Å². The van der Waals surface area contributed by atoms with Crippen LogP contribution in [0, 0.1) is 0 Å². The van der Waals surface area contributed by atoms with E-state index in [0.29, 0.717) is 24.1 Å². The van der Waals surface area contributed by atoms with Crippen molar-refractivity contribution in [2.24, 2.45) is 0 Å². The average molecular weight is 909 g/mol. The standard InChI is InChI=1S/C54H102NO7P/c1-6-8-10-12-14-16-18-20-22-24-25-26-27-28-29-30-31-32-33-35-37-39-41-43-45-47-54(56)62-53(52-61-63(57,58)60-50-48-55(3,4)5)51-59-49-46-44-42-40-38-36-34-23-21-19-17-15-13-11-9-7-2/h9,11,15,17,21,23-25,53H,6-8,10,12-14,16,18-20,22,26-52H2,1-5H3/p+1/b11-9-,17-15-,23-21-,25-24-. The molecule has 0 aromatic heterocycles. The Balaban J connectivity index is 4.08. The third-order valence-electron chi connectivity index (χ3n) is 11.4. The number of carbonyl (C=O) groups excluding carboxylic acids is 1. The van der Waals surface area contributed by atoms with Gasteiger partial charge in [0.15, 0.2) is 0 Å². The van der Waals surface area contributed by atoms with Crippen molar-refractivity contribution < 1.29 is 37.3 Å². The van der Waals surface area contributed by atoms with Crippen LogP contribution in [-0.2, 0) is 27.9 Å². The zero-order valence-corrected chi connectivity index (χ0v) is 43.0. The van der Waals surface area contributed by atoms with Crippen molar-refractivity contribution in [3.63, 3.8) is 0 Å². The Morgan fingerprint density at radius 1 is 0.508 bits per heavy atom. The van der Waals surface area contributed by atoms with E-state index in [2.05, 4.69) is 62.5 Å². The first kappa shape index (κ1) is 61.5. The Hall–Kier alpha value is -1.54. The van der Waals surface area contributed by atoms with Crippen LogP contribution in [0.15, 0.2) is 48.6 Å². The van der Waals surface area contributed by atoms with E-state index in [-0.39, 0.29) is 25.8 Å². The van der Waals surface area contributed by atoms with Crippen LogP contribution in [0.2, 0.25) is 0 Å². The van der Waals surface area contributed by atoms with Gasteiger partial charge in [-0.2, -0.15) is 0 Å². The number of phosphoric acid groups is 1. The molecular weight excluding hydrogens is 806 g/mol. The fourth-order valence-electron chi connectivity index (χ4n) is 7.33. The van der Waals surface area contributed by atoms with E-state index in [0.717, 1.165) is 57.8 Å². The summed E-state index contributed by atoms with van der Waals surface area (Å²) in [6.45, 7) is 5.51. The molecular formula is C54H103NO7P+. The molecule has 2 unspecified atom stereocenters. The number of ether oxygens (including phenoxy) is 2. The maximum Gasteiger partial charge on any atom is 0.472 e. The number of hydrogen-bond acceptors (Lipinski definition) is 6. The van der Waals surface area contributed by atoms with Crippen LogP contribution in [0.1, 0.15) is 232 Å². The summed E-state index contributed by atoms with van der Waals surface area (Å²) in [5, 5.41) is 0. The third-order valence-corrected chi connectivity index (χ3v) is 12.4. The number of phosphoric ester groups is 1. The van der Waals surface area contributed by atoms with Gasteiger partial charge in [0.1, 0.15) is 19.3 Å². The largest absolute Gasteiger partial charge is 0.472 e. The lowest BCUT2D eigenvalue weighted by atomic mass is 10.0. The summed E-state index contributed by atoms with van der Waals surface area (Å²) in [5.74, 6) is -0.317. The maximum atomic E-state index is 12.8. The highest BCUT2D eigenvalue weighted by Gasteiger charge is 2.26. The van der Waals surface area contributed by atoms with Crippen molar-refractivity contribution >= 4 is 13.8 Å². The Kier molecular flexibility index (Phi) is 45.8. The smallest absolute Gasteiger partial charge is 0.457 e. The molecule has 0 aliphatic heterocycles. The SMILES string of the molecule is CC/C=C\C/C=C\C/C=C\CCCCCCCCOCC(COP(=O)(O)OCC[N+](C)(C)C)OC(=O)CCCCCCCCCCCCCCC/C=C\CCCCCCCCCC. The molecule has 8 nitrogen and oxygen atoms in total. The zero-order valence-electron chi connectivity index (χ0n) is 42.1. The van der Waals surface area contributed by atoms with Gasteiger partial charge in [-0.15, -0.1) is 0 Å². The number of esters is 1. The van der Waals surface area contributed by atoms with Crippen LogP contribution in [0.4, 0.5) is 0 Å². The minimum Gasteiger partial charge on any atom is -0.457 e. The second-order valence-electron chi connectivity index (χ2n) is 18.9. The topological polar surface area (TPSA) is 91.3 Å². The second kappa shape index (κ2) is 47.0. The Bertz CT molecular complexity index is 1150. The van der Waals surface area contributed by atoms with Gasteiger partial charge in [0.2, 0.25) is 0 Å². The minimum atomic E-state index is -4.28. The molecule has 0 radical (unpaired) electrons. The lowest BCUT2D eigenvalue weighted by molar-refractivity contribution is -0.870. The molecule has 0 saturated heterocycles. The van der Waals surface area contributed by atoms with Crippen LogP contribution in [-0.4, -0.2) is 75.6 Å². The average Bonchev–Trinajstić information content (AvgIpc) is 3.24. The summed E-state index contributed by atoms with van der Waals surface area (Å²) in [7, 11) is 1.66. The molecule has 0 amide bonds. The predicted octanol–water partition coefficient (Wildman–Crippen LogP) is 16.3. The van der Waals surface area contributed by atoms with E-state index in [1.807, 2.05) is 21.1 Å². The van der Waals surface area contributed by atoms with E-state index >= 15 is 0 Å². The van der Waals surface area contributed by atoms with Crippen molar-refractivity contribution in [3.05, 3.63) is 48.6 Å². The van der Waals surface area contributed by atoms with Crippen LogP contribution < -0.4 is 0 Å². The van der Waals surface area contributed by atoms with E-state index in [1.165, 1.54) is 154 Å². The summed E-state index contributed by atoms with van der Waals surface area (Å²) >= 11 is 0. The van der Waals surface area contributed by atoms with E-state index in [9.17, 15) is 14.3 Å². The predicted molar refractivity (Wildman–Crippen MR) is 270 cm³/mol. The molecule has 0 aromatic carbocycles. The summed E-state index contributed by atoms with van der Waals surface area (Å²) in [4.78, 5) is 23.0. The van der Waals surface area contributed by atoms with Gasteiger partial charge in [0, 0.05) is 13.0 Å². The number of carbonyl (C=O) groups is 1. The first-order chi connectivity index (χ1) is 30.6. The number of allylic oxidation sites excluding steroid dienone is 8. The van der Waals surface area contributed by atoms with Gasteiger partial charge in [-0.3, -0.25) is 13.8 Å². The van der Waals surface area contributed by atoms with Crippen LogP contribution >= 0.6 is 7.82 Å². The highest BCUT2D eigenvalue weighted by Crippen LogP contribution is 2.43. The normalized spacial score (nSPS) is 13.9. The fourth-order valence-corrected chi connectivity index (χ4v) is 8.07. The lowest BCUT2D eigenvalue weighted by Gasteiger charge is -2.24. The Morgan fingerprint density at radius 2 is 0.921 bits per heavy atom. The number of quaternary nitrogens is 1. The molecule has 0 spiro atoms. The molecule has 0 bridgehead atoms. The molecule has 0 rings (SSSR count). The van der Waals surface area contributed by atoms with E-state index in [4.69, 9.17) is 18.5 Å². The number of unbranched alkanes of at least 4 members (excludes halogenated alkanes) is 27. The first-order valence-electron chi connectivity index (χ1n) is 26.4. The van der Waals surface area contributed by atoms with Crippen molar-refractivity contribution in [3.8, 4) is 0 Å². The van der Waals surface area contributed by atoms with E-state index in [1.54, 1.807) is 0 Å². The van der Waals surface area contributed by atoms with Crippen molar-refractivity contribution in [2.45, 2.75) is 238 Å². The highest BCUT2D eigenvalue weighted by atomic mass is 31.2. The molecule has 9 heteroatoms. The van der Waals surface area contributed by atoms with Crippen LogP contribution in [0.25, 0.3) is 0 Å². The molecule has 0 aliphatic carbocycles. The van der Waals surface area contributed by atoms with Gasteiger partial charge in [-0.05, 0) is 70.6 Å².